The summed E-state index contributed by atoms with van der Waals surface area (Å²) in [6.07, 6.45) is 1.60. The second-order valence-corrected chi connectivity index (χ2v) is 8.33. The van der Waals surface area contributed by atoms with Gasteiger partial charge < -0.3 is 35.0 Å². The van der Waals surface area contributed by atoms with Crippen molar-refractivity contribution in [2.24, 2.45) is 11.8 Å². The van der Waals surface area contributed by atoms with Crippen molar-refractivity contribution in [3.05, 3.63) is 0 Å². The fourth-order valence-electron chi connectivity index (χ4n) is 3.57. The quantitative estimate of drug-likeness (QED) is 0.432. The summed E-state index contributed by atoms with van der Waals surface area (Å²) in [6, 6.07) is -1.68. The molecule has 3 amide bonds. The van der Waals surface area contributed by atoms with Gasteiger partial charge in [0.25, 0.3) is 0 Å². The van der Waals surface area contributed by atoms with Gasteiger partial charge in [0.2, 0.25) is 11.8 Å². The smallest absolute Gasteiger partial charge is 0.408 e. The zero-order chi connectivity index (χ0) is 22.1. The first kappa shape index (κ1) is 24.1. The maximum atomic E-state index is 12.8. The molecule has 30 heavy (non-hydrogen) atoms. The lowest BCUT2D eigenvalue weighted by Gasteiger charge is -2.35. The Labute approximate surface area is 176 Å². The number of amides is 3. The molecule has 3 atom stereocenters. The largest absolute Gasteiger partial charge is 0.438 e. The third kappa shape index (κ3) is 6.94. The minimum Gasteiger partial charge on any atom is -0.438 e. The average Bonchev–Trinajstić information content (AvgIpc) is 3.11. The van der Waals surface area contributed by atoms with Gasteiger partial charge in [-0.1, -0.05) is 20.8 Å². The van der Waals surface area contributed by atoms with Crippen molar-refractivity contribution in [3.63, 3.8) is 0 Å². The van der Waals surface area contributed by atoms with Gasteiger partial charge in [0.15, 0.2) is 5.60 Å². The molecule has 2 fully saturated rings. The average molecular weight is 427 g/mol. The summed E-state index contributed by atoms with van der Waals surface area (Å²) in [5.74, 6) is -0.799. The summed E-state index contributed by atoms with van der Waals surface area (Å²) in [5, 5.41) is 7.97. The molecule has 0 spiro atoms. The Balaban J connectivity index is 1.97. The van der Waals surface area contributed by atoms with E-state index in [4.69, 9.17) is 14.2 Å². The van der Waals surface area contributed by atoms with Gasteiger partial charge in [0.1, 0.15) is 19.1 Å². The fourth-order valence-corrected chi connectivity index (χ4v) is 3.57. The Morgan fingerprint density at radius 2 is 2.00 bits per heavy atom. The summed E-state index contributed by atoms with van der Waals surface area (Å²) in [4.78, 5) is 48.5. The molecule has 2 aliphatic heterocycles. The molecule has 2 heterocycles. The van der Waals surface area contributed by atoms with E-state index < -0.39 is 29.7 Å². The van der Waals surface area contributed by atoms with Crippen molar-refractivity contribution in [1.82, 2.24) is 16.0 Å². The predicted molar refractivity (Wildman–Crippen MR) is 106 cm³/mol. The van der Waals surface area contributed by atoms with Gasteiger partial charge in [-0.2, -0.15) is 0 Å². The molecule has 0 bridgehead atoms. The van der Waals surface area contributed by atoms with Crippen molar-refractivity contribution >= 4 is 24.2 Å². The second-order valence-electron chi connectivity index (χ2n) is 8.33. The standard InChI is InChI=1S/C20H33N3O7/c1-4-20(10-28-12-29-11-20)30-19(27)23-16(7-13(2)3)18(26)22-15(9-24)8-14-5-6-21-17(14)25/h9,13-16H,4-8,10-12H2,1-3H3,(H,21,25)(H,22,26)(H,23,27)/t14-,15-,16-/m0/s1. The first-order valence-electron chi connectivity index (χ1n) is 10.5. The Morgan fingerprint density at radius 1 is 1.30 bits per heavy atom. The minimum absolute atomic E-state index is 0.109. The van der Waals surface area contributed by atoms with Gasteiger partial charge in [0, 0.05) is 12.5 Å². The second kappa shape index (κ2) is 11.3. The molecule has 0 saturated carbocycles. The van der Waals surface area contributed by atoms with Gasteiger partial charge in [-0.3, -0.25) is 9.59 Å². The van der Waals surface area contributed by atoms with Gasteiger partial charge in [-0.15, -0.1) is 0 Å². The van der Waals surface area contributed by atoms with Crippen molar-refractivity contribution in [1.29, 1.82) is 0 Å². The van der Waals surface area contributed by atoms with E-state index in [0.29, 0.717) is 32.1 Å². The maximum Gasteiger partial charge on any atom is 0.408 e. The number of hydrogen-bond donors (Lipinski definition) is 3. The number of alkyl carbamates (subject to hydrolysis) is 1. The third-order valence-corrected chi connectivity index (χ3v) is 5.36. The van der Waals surface area contributed by atoms with E-state index in [0.717, 1.165) is 0 Å². The predicted octanol–water partition coefficient (Wildman–Crippen LogP) is 0.490. The van der Waals surface area contributed by atoms with Gasteiger partial charge in [0.05, 0.1) is 19.3 Å². The lowest BCUT2D eigenvalue weighted by molar-refractivity contribution is -0.200. The van der Waals surface area contributed by atoms with E-state index in [2.05, 4.69) is 16.0 Å². The molecule has 0 unspecified atom stereocenters. The molecule has 0 aromatic heterocycles. The fraction of sp³-hybridized carbons (Fsp3) is 0.800. The zero-order valence-electron chi connectivity index (χ0n) is 17.9. The Kier molecular flexibility index (Phi) is 9.04. The Morgan fingerprint density at radius 3 is 2.53 bits per heavy atom. The highest BCUT2D eigenvalue weighted by Gasteiger charge is 2.37. The normalized spacial score (nSPS) is 22.7. The van der Waals surface area contributed by atoms with Gasteiger partial charge >= 0.3 is 6.09 Å². The van der Waals surface area contributed by atoms with E-state index in [-0.39, 0.29) is 44.2 Å². The van der Waals surface area contributed by atoms with Crippen molar-refractivity contribution in [2.75, 3.05) is 26.6 Å². The number of ether oxygens (including phenoxy) is 3. The number of carbonyl (C=O) groups is 4. The molecular formula is C20H33N3O7. The molecule has 2 rings (SSSR count). The molecular weight excluding hydrogens is 394 g/mol. The molecule has 0 radical (unpaired) electrons. The van der Waals surface area contributed by atoms with Crippen LogP contribution in [-0.4, -0.2) is 68.4 Å². The highest BCUT2D eigenvalue weighted by Crippen LogP contribution is 2.21. The van der Waals surface area contributed by atoms with Crippen LogP contribution in [0.4, 0.5) is 4.79 Å². The summed E-state index contributed by atoms with van der Waals surface area (Å²) >= 11 is 0. The molecule has 10 heteroatoms. The maximum absolute atomic E-state index is 12.8. The van der Waals surface area contributed by atoms with Crippen LogP contribution >= 0.6 is 0 Å². The van der Waals surface area contributed by atoms with Crippen LogP contribution in [0.1, 0.15) is 46.5 Å². The van der Waals surface area contributed by atoms with E-state index in [9.17, 15) is 19.2 Å². The van der Waals surface area contributed by atoms with Crippen LogP contribution in [0.5, 0.6) is 0 Å². The van der Waals surface area contributed by atoms with Crippen LogP contribution in [0.2, 0.25) is 0 Å². The number of carbonyl (C=O) groups excluding carboxylic acids is 4. The number of nitrogens with one attached hydrogen (secondary N) is 3. The first-order valence-corrected chi connectivity index (χ1v) is 10.5. The summed E-state index contributed by atoms with van der Waals surface area (Å²) < 4.78 is 16.1. The van der Waals surface area contributed by atoms with Crippen LogP contribution in [0, 0.1) is 11.8 Å². The number of aldehydes is 1. The van der Waals surface area contributed by atoms with Crippen LogP contribution < -0.4 is 16.0 Å². The van der Waals surface area contributed by atoms with Crippen LogP contribution in [0.15, 0.2) is 0 Å². The summed E-state index contributed by atoms with van der Waals surface area (Å²) in [6.45, 7) is 6.85. The topological polar surface area (TPSA) is 132 Å². The molecule has 170 valence electrons. The number of hydrogen-bond acceptors (Lipinski definition) is 7. The van der Waals surface area contributed by atoms with Crippen LogP contribution in [0.3, 0.4) is 0 Å². The van der Waals surface area contributed by atoms with Crippen LogP contribution in [0.25, 0.3) is 0 Å². The Bertz CT molecular complexity index is 620. The Hall–Kier alpha value is -2.20. The van der Waals surface area contributed by atoms with E-state index in [1.807, 2.05) is 20.8 Å². The minimum atomic E-state index is -0.900. The molecule has 0 aromatic rings. The molecule has 0 aliphatic carbocycles. The zero-order valence-corrected chi connectivity index (χ0v) is 17.9. The van der Waals surface area contributed by atoms with Crippen molar-refractivity contribution < 1.29 is 33.4 Å². The van der Waals surface area contributed by atoms with Gasteiger partial charge in [-0.05, 0) is 31.6 Å². The monoisotopic (exact) mass is 427 g/mol. The van der Waals surface area contributed by atoms with Crippen molar-refractivity contribution in [3.8, 4) is 0 Å². The van der Waals surface area contributed by atoms with E-state index in [1.165, 1.54) is 0 Å². The van der Waals surface area contributed by atoms with E-state index >= 15 is 0 Å². The molecule has 3 N–H and O–H groups in total. The van der Waals surface area contributed by atoms with E-state index in [1.54, 1.807) is 0 Å². The summed E-state index contributed by atoms with van der Waals surface area (Å²) in [5.41, 5.74) is -0.900. The molecule has 2 saturated heterocycles. The summed E-state index contributed by atoms with van der Waals surface area (Å²) in [7, 11) is 0. The number of rotatable bonds is 10. The highest BCUT2D eigenvalue weighted by atomic mass is 16.7. The molecule has 2 aliphatic rings. The molecule has 0 aromatic carbocycles. The first-order chi connectivity index (χ1) is 14.3. The van der Waals surface area contributed by atoms with Gasteiger partial charge in [-0.25, -0.2) is 4.79 Å². The SMILES string of the molecule is CCC1(OC(=O)N[C@@H](CC(C)C)C(=O)N[C@H](C=O)C[C@@H]2CCNC2=O)COCOC1. The van der Waals surface area contributed by atoms with Crippen LogP contribution in [-0.2, 0) is 28.6 Å². The lowest BCUT2D eigenvalue weighted by atomic mass is 9.98. The highest BCUT2D eigenvalue weighted by molar-refractivity contribution is 5.88. The molecule has 10 nitrogen and oxygen atoms in total. The lowest BCUT2D eigenvalue weighted by Crippen LogP contribution is -2.54. The third-order valence-electron chi connectivity index (χ3n) is 5.36. The van der Waals surface area contributed by atoms with Crippen molar-refractivity contribution in [2.45, 2.75) is 64.1 Å².